The second-order valence-corrected chi connectivity index (χ2v) is 3.54. The van der Waals surface area contributed by atoms with Crippen molar-refractivity contribution in [1.82, 2.24) is 5.16 Å². The quantitative estimate of drug-likeness (QED) is 0.769. The largest absolute Gasteiger partial charge is 0.486 e. The van der Waals surface area contributed by atoms with E-state index in [-0.39, 0.29) is 0 Å². The third kappa shape index (κ3) is 2.59. The standard InChI is InChI=1S/C12H13NO2/c1-9-4-3-5-11(6-9)14-8-12-7-10(2)13-15-12/h3-7H,8H2,1-2H3. The summed E-state index contributed by atoms with van der Waals surface area (Å²) >= 11 is 0. The molecular weight excluding hydrogens is 190 g/mol. The maximum absolute atomic E-state index is 5.55. The fourth-order valence-corrected chi connectivity index (χ4v) is 1.34. The molecule has 1 aromatic heterocycles. The number of rotatable bonds is 3. The van der Waals surface area contributed by atoms with Gasteiger partial charge in [0.2, 0.25) is 0 Å². The van der Waals surface area contributed by atoms with Gasteiger partial charge in [0.25, 0.3) is 0 Å². The molecule has 0 bridgehead atoms. The fraction of sp³-hybridized carbons (Fsp3) is 0.250. The van der Waals surface area contributed by atoms with Gasteiger partial charge in [-0.2, -0.15) is 0 Å². The van der Waals surface area contributed by atoms with Gasteiger partial charge in [-0.15, -0.1) is 0 Å². The van der Waals surface area contributed by atoms with Crippen molar-refractivity contribution in [3.63, 3.8) is 0 Å². The lowest BCUT2D eigenvalue weighted by Crippen LogP contribution is -1.93. The zero-order valence-electron chi connectivity index (χ0n) is 8.86. The Morgan fingerprint density at radius 2 is 2.13 bits per heavy atom. The van der Waals surface area contributed by atoms with Crippen molar-refractivity contribution >= 4 is 0 Å². The molecular formula is C12H13NO2. The van der Waals surface area contributed by atoms with Crippen LogP contribution in [0, 0.1) is 13.8 Å². The number of aromatic nitrogens is 1. The highest BCUT2D eigenvalue weighted by Crippen LogP contribution is 2.14. The molecule has 1 heterocycles. The second kappa shape index (κ2) is 4.17. The van der Waals surface area contributed by atoms with Gasteiger partial charge in [0.1, 0.15) is 12.4 Å². The van der Waals surface area contributed by atoms with Crippen LogP contribution >= 0.6 is 0 Å². The van der Waals surface area contributed by atoms with Crippen LogP contribution in [0.5, 0.6) is 5.75 Å². The summed E-state index contributed by atoms with van der Waals surface area (Å²) in [4.78, 5) is 0. The first kappa shape index (κ1) is 9.77. The molecule has 0 fully saturated rings. The number of hydrogen-bond donors (Lipinski definition) is 0. The molecule has 2 rings (SSSR count). The van der Waals surface area contributed by atoms with E-state index in [0.29, 0.717) is 6.61 Å². The van der Waals surface area contributed by atoms with Gasteiger partial charge in [-0.25, -0.2) is 0 Å². The number of nitrogens with zero attached hydrogens (tertiary/aromatic N) is 1. The fourth-order valence-electron chi connectivity index (χ4n) is 1.34. The van der Waals surface area contributed by atoms with Crippen molar-refractivity contribution in [1.29, 1.82) is 0 Å². The van der Waals surface area contributed by atoms with E-state index in [4.69, 9.17) is 9.26 Å². The first-order valence-electron chi connectivity index (χ1n) is 4.86. The molecule has 1 aromatic carbocycles. The van der Waals surface area contributed by atoms with Crippen LogP contribution in [0.15, 0.2) is 34.9 Å². The molecule has 78 valence electrons. The Bertz CT molecular complexity index is 448. The van der Waals surface area contributed by atoms with E-state index in [0.717, 1.165) is 17.2 Å². The Kier molecular flexibility index (Phi) is 2.72. The molecule has 0 aliphatic heterocycles. The summed E-state index contributed by atoms with van der Waals surface area (Å²) in [7, 11) is 0. The minimum Gasteiger partial charge on any atom is -0.486 e. The predicted molar refractivity (Wildman–Crippen MR) is 56.8 cm³/mol. The van der Waals surface area contributed by atoms with E-state index < -0.39 is 0 Å². The number of benzene rings is 1. The number of aryl methyl sites for hydroxylation is 2. The average Bonchev–Trinajstić information content (AvgIpc) is 2.62. The van der Waals surface area contributed by atoms with Crippen LogP contribution in [-0.2, 0) is 6.61 Å². The topological polar surface area (TPSA) is 35.3 Å². The maximum atomic E-state index is 5.55. The minimum absolute atomic E-state index is 0.421. The van der Waals surface area contributed by atoms with Crippen LogP contribution in [0.4, 0.5) is 0 Å². The van der Waals surface area contributed by atoms with E-state index >= 15 is 0 Å². The van der Waals surface area contributed by atoms with Crippen molar-refractivity contribution in [3.05, 3.63) is 47.3 Å². The number of ether oxygens (including phenoxy) is 1. The average molecular weight is 203 g/mol. The van der Waals surface area contributed by atoms with Gasteiger partial charge in [0, 0.05) is 6.07 Å². The summed E-state index contributed by atoms with van der Waals surface area (Å²) in [6, 6.07) is 9.79. The van der Waals surface area contributed by atoms with E-state index in [9.17, 15) is 0 Å². The zero-order chi connectivity index (χ0) is 10.7. The predicted octanol–water partition coefficient (Wildman–Crippen LogP) is 2.87. The zero-order valence-corrected chi connectivity index (χ0v) is 8.86. The lowest BCUT2D eigenvalue weighted by molar-refractivity contribution is 0.248. The Morgan fingerprint density at radius 1 is 1.27 bits per heavy atom. The molecule has 3 nitrogen and oxygen atoms in total. The van der Waals surface area contributed by atoms with Crippen molar-refractivity contribution < 1.29 is 9.26 Å². The Morgan fingerprint density at radius 3 is 2.80 bits per heavy atom. The Labute approximate surface area is 88.7 Å². The summed E-state index contributed by atoms with van der Waals surface area (Å²) in [6.07, 6.45) is 0. The van der Waals surface area contributed by atoms with E-state index in [2.05, 4.69) is 5.16 Å². The Balaban J connectivity index is 1.99. The normalized spacial score (nSPS) is 10.3. The highest BCUT2D eigenvalue weighted by molar-refractivity contribution is 5.27. The van der Waals surface area contributed by atoms with Crippen molar-refractivity contribution in [2.45, 2.75) is 20.5 Å². The summed E-state index contributed by atoms with van der Waals surface area (Å²) in [5, 5.41) is 3.79. The molecule has 0 amide bonds. The molecule has 3 heteroatoms. The van der Waals surface area contributed by atoms with Crippen molar-refractivity contribution in [2.75, 3.05) is 0 Å². The molecule has 15 heavy (non-hydrogen) atoms. The molecule has 0 saturated carbocycles. The third-order valence-electron chi connectivity index (χ3n) is 2.05. The second-order valence-electron chi connectivity index (χ2n) is 3.54. The SMILES string of the molecule is Cc1cccc(OCc2cc(C)no2)c1. The third-order valence-corrected chi connectivity index (χ3v) is 2.05. The molecule has 0 spiro atoms. The monoisotopic (exact) mass is 203 g/mol. The Hall–Kier alpha value is -1.77. The summed E-state index contributed by atoms with van der Waals surface area (Å²) < 4.78 is 10.6. The molecule has 0 saturated heterocycles. The smallest absolute Gasteiger partial charge is 0.174 e. The van der Waals surface area contributed by atoms with Crippen LogP contribution < -0.4 is 4.74 Å². The van der Waals surface area contributed by atoms with Crippen LogP contribution in [0.2, 0.25) is 0 Å². The number of hydrogen-bond acceptors (Lipinski definition) is 3. The van der Waals surface area contributed by atoms with E-state index in [1.54, 1.807) is 0 Å². The lowest BCUT2D eigenvalue weighted by atomic mass is 10.2. The van der Waals surface area contributed by atoms with Gasteiger partial charge in [0.15, 0.2) is 5.76 Å². The summed E-state index contributed by atoms with van der Waals surface area (Å²) in [5.41, 5.74) is 2.05. The molecule has 0 radical (unpaired) electrons. The first-order chi connectivity index (χ1) is 7.24. The van der Waals surface area contributed by atoms with Gasteiger partial charge >= 0.3 is 0 Å². The molecule has 0 unspecified atom stereocenters. The highest BCUT2D eigenvalue weighted by Gasteiger charge is 2.01. The molecule has 0 aliphatic carbocycles. The highest BCUT2D eigenvalue weighted by atomic mass is 16.5. The molecule has 0 atom stereocenters. The minimum atomic E-state index is 0.421. The van der Waals surface area contributed by atoms with Gasteiger partial charge in [-0.3, -0.25) is 0 Å². The molecule has 0 N–H and O–H groups in total. The lowest BCUT2D eigenvalue weighted by Gasteiger charge is -2.03. The van der Waals surface area contributed by atoms with Crippen LogP contribution in [0.3, 0.4) is 0 Å². The van der Waals surface area contributed by atoms with Gasteiger partial charge in [0.05, 0.1) is 5.69 Å². The summed E-state index contributed by atoms with van der Waals surface area (Å²) in [5.74, 6) is 1.60. The molecule has 0 aliphatic rings. The van der Waals surface area contributed by atoms with Crippen LogP contribution in [0.25, 0.3) is 0 Å². The van der Waals surface area contributed by atoms with Gasteiger partial charge in [-0.1, -0.05) is 17.3 Å². The van der Waals surface area contributed by atoms with Crippen molar-refractivity contribution in [3.8, 4) is 5.75 Å². The molecule has 2 aromatic rings. The van der Waals surface area contributed by atoms with Gasteiger partial charge in [-0.05, 0) is 31.5 Å². The van der Waals surface area contributed by atoms with Crippen LogP contribution in [-0.4, -0.2) is 5.16 Å². The van der Waals surface area contributed by atoms with E-state index in [1.165, 1.54) is 5.56 Å². The maximum Gasteiger partial charge on any atom is 0.174 e. The first-order valence-corrected chi connectivity index (χ1v) is 4.86. The van der Waals surface area contributed by atoms with Crippen LogP contribution in [0.1, 0.15) is 17.0 Å². The van der Waals surface area contributed by atoms with Crippen molar-refractivity contribution in [2.24, 2.45) is 0 Å². The van der Waals surface area contributed by atoms with Gasteiger partial charge < -0.3 is 9.26 Å². The summed E-state index contributed by atoms with van der Waals surface area (Å²) in [6.45, 7) is 4.34. The van der Waals surface area contributed by atoms with E-state index in [1.807, 2.05) is 44.2 Å².